The average Bonchev–Trinajstić information content (AvgIpc) is 3.14. The highest BCUT2D eigenvalue weighted by atomic mass is 32.2. The van der Waals surface area contributed by atoms with Crippen molar-refractivity contribution in [2.24, 2.45) is 0 Å². The van der Waals surface area contributed by atoms with E-state index in [1.165, 1.54) is 23.9 Å². The van der Waals surface area contributed by atoms with Crippen LogP contribution in [-0.2, 0) is 16.1 Å². The van der Waals surface area contributed by atoms with Crippen LogP contribution in [0.1, 0.15) is 32.4 Å². The number of rotatable bonds is 5. The Morgan fingerprint density at radius 1 is 1.23 bits per heavy atom. The number of halogens is 1. The number of esters is 1. The summed E-state index contributed by atoms with van der Waals surface area (Å²) in [7, 11) is 0. The molecule has 2 heterocycles. The van der Waals surface area contributed by atoms with Gasteiger partial charge in [0.05, 0.1) is 11.3 Å². The third-order valence-electron chi connectivity index (χ3n) is 4.81. The third-order valence-corrected chi connectivity index (χ3v) is 6.02. The first-order valence-electron chi connectivity index (χ1n) is 9.39. The van der Waals surface area contributed by atoms with Crippen LogP contribution in [0.3, 0.4) is 0 Å². The van der Waals surface area contributed by atoms with Gasteiger partial charge in [0, 0.05) is 23.6 Å². The zero-order chi connectivity index (χ0) is 21.1. The van der Waals surface area contributed by atoms with E-state index in [1.807, 2.05) is 13.0 Å². The fourth-order valence-electron chi connectivity index (χ4n) is 3.33. The molecule has 1 aromatic heterocycles. The molecule has 0 spiro atoms. The van der Waals surface area contributed by atoms with E-state index >= 15 is 0 Å². The zero-order valence-electron chi connectivity index (χ0n) is 16.2. The van der Waals surface area contributed by atoms with Crippen LogP contribution in [0.2, 0.25) is 0 Å². The summed E-state index contributed by atoms with van der Waals surface area (Å²) < 4.78 is 18.6. The van der Waals surface area contributed by atoms with E-state index in [-0.39, 0.29) is 23.7 Å². The van der Waals surface area contributed by atoms with E-state index in [0.29, 0.717) is 11.3 Å². The fraction of sp³-hybridized carbons (Fsp3) is 0.174. The van der Waals surface area contributed by atoms with Crippen molar-refractivity contribution in [3.63, 3.8) is 0 Å². The van der Waals surface area contributed by atoms with Gasteiger partial charge in [-0.3, -0.25) is 14.7 Å². The Morgan fingerprint density at radius 3 is 2.73 bits per heavy atom. The van der Waals surface area contributed by atoms with Gasteiger partial charge in [0.2, 0.25) is 5.91 Å². The highest BCUT2D eigenvalue weighted by Gasteiger charge is 2.35. The first-order valence-corrected chi connectivity index (χ1v) is 10.4. The highest BCUT2D eigenvalue weighted by Crippen LogP contribution is 2.42. The molecule has 0 bridgehead atoms. The molecule has 5 nitrogen and oxygen atoms in total. The van der Waals surface area contributed by atoms with Crippen LogP contribution in [0.4, 0.5) is 10.1 Å². The number of aromatic nitrogens is 1. The number of hydrogen-bond acceptors (Lipinski definition) is 5. The minimum atomic E-state index is -0.439. The quantitative estimate of drug-likeness (QED) is 0.560. The number of benzene rings is 2. The molecule has 7 heteroatoms. The smallest absolute Gasteiger partial charge is 0.338 e. The summed E-state index contributed by atoms with van der Waals surface area (Å²) in [6.45, 7) is 1.99. The van der Waals surface area contributed by atoms with Gasteiger partial charge in [0.25, 0.3) is 0 Å². The standard InChI is InChI=1S/C23H19FN2O3S/c1-15-11-18(23(28)29-13-16-3-2-10-25-12-16)6-9-20(15)26-21(27)14-30-22(26)17-4-7-19(24)8-5-17/h2-12,22H,13-14H2,1H3. The van der Waals surface area contributed by atoms with E-state index < -0.39 is 5.97 Å². The minimum Gasteiger partial charge on any atom is -0.457 e. The predicted molar refractivity (Wildman–Crippen MR) is 114 cm³/mol. The lowest BCUT2D eigenvalue weighted by Crippen LogP contribution is -2.28. The van der Waals surface area contributed by atoms with Crippen molar-refractivity contribution in [2.45, 2.75) is 18.9 Å². The summed E-state index contributed by atoms with van der Waals surface area (Å²) in [5.74, 6) is -0.434. The number of nitrogens with zero attached hydrogens (tertiary/aromatic N) is 2. The maximum absolute atomic E-state index is 13.3. The number of aryl methyl sites for hydroxylation is 1. The molecule has 3 aromatic rings. The maximum atomic E-state index is 13.3. The predicted octanol–water partition coefficient (Wildman–Crippen LogP) is 4.66. The lowest BCUT2D eigenvalue weighted by Gasteiger charge is -2.26. The molecule has 1 unspecified atom stereocenters. The Bertz CT molecular complexity index is 1070. The van der Waals surface area contributed by atoms with Crippen molar-refractivity contribution in [1.82, 2.24) is 4.98 Å². The van der Waals surface area contributed by atoms with Gasteiger partial charge in [-0.1, -0.05) is 18.2 Å². The van der Waals surface area contributed by atoms with Crippen molar-refractivity contribution in [2.75, 3.05) is 10.7 Å². The van der Waals surface area contributed by atoms with Crippen LogP contribution >= 0.6 is 11.8 Å². The minimum absolute atomic E-state index is 0.0238. The van der Waals surface area contributed by atoms with Crippen molar-refractivity contribution in [1.29, 1.82) is 0 Å². The van der Waals surface area contributed by atoms with E-state index in [1.54, 1.807) is 53.7 Å². The van der Waals surface area contributed by atoms with Gasteiger partial charge in [-0.2, -0.15) is 0 Å². The SMILES string of the molecule is Cc1cc(C(=O)OCc2cccnc2)ccc1N1C(=O)CSC1c1ccc(F)cc1. The lowest BCUT2D eigenvalue weighted by molar-refractivity contribution is -0.115. The summed E-state index contributed by atoms with van der Waals surface area (Å²) in [6.07, 6.45) is 3.30. The number of anilines is 1. The van der Waals surface area contributed by atoms with Crippen LogP contribution in [0.25, 0.3) is 0 Å². The van der Waals surface area contributed by atoms with Crippen LogP contribution in [0, 0.1) is 12.7 Å². The molecule has 1 atom stereocenters. The molecule has 0 saturated carbocycles. The monoisotopic (exact) mass is 422 g/mol. The second-order valence-electron chi connectivity index (χ2n) is 6.92. The zero-order valence-corrected chi connectivity index (χ0v) is 17.1. The number of hydrogen-bond donors (Lipinski definition) is 0. The topological polar surface area (TPSA) is 59.5 Å². The molecule has 1 fully saturated rings. The molecule has 2 aromatic carbocycles. The Hall–Kier alpha value is -3.19. The second-order valence-corrected chi connectivity index (χ2v) is 7.99. The number of thioether (sulfide) groups is 1. The summed E-state index contributed by atoms with van der Waals surface area (Å²) in [4.78, 5) is 30.7. The second kappa shape index (κ2) is 8.67. The number of carbonyl (C=O) groups is 2. The van der Waals surface area contributed by atoms with E-state index in [9.17, 15) is 14.0 Å². The molecule has 1 aliphatic heterocycles. The van der Waals surface area contributed by atoms with Gasteiger partial charge in [-0.15, -0.1) is 11.8 Å². The average molecular weight is 422 g/mol. The Kier molecular flexibility index (Phi) is 5.81. The van der Waals surface area contributed by atoms with E-state index in [0.717, 1.165) is 22.4 Å². The van der Waals surface area contributed by atoms with Crippen molar-refractivity contribution in [3.05, 3.63) is 95.1 Å². The third kappa shape index (κ3) is 4.21. The molecule has 0 radical (unpaired) electrons. The molecule has 1 amide bonds. The summed E-state index contributed by atoms with van der Waals surface area (Å²) in [5.41, 5.74) is 3.59. The number of amides is 1. The van der Waals surface area contributed by atoms with E-state index in [4.69, 9.17) is 4.74 Å². The van der Waals surface area contributed by atoms with Gasteiger partial charge in [-0.05, 0) is 54.4 Å². The van der Waals surface area contributed by atoms with Crippen molar-refractivity contribution < 1.29 is 18.7 Å². The highest BCUT2D eigenvalue weighted by molar-refractivity contribution is 8.00. The van der Waals surface area contributed by atoms with Gasteiger partial charge >= 0.3 is 5.97 Å². The molecular weight excluding hydrogens is 403 g/mol. The summed E-state index contributed by atoms with van der Waals surface area (Å²) in [5, 5.41) is -0.236. The lowest BCUT2D eigenvalue weighted by atomic mass is 10.1. The molecule has 0 aliphatic carbocycles. The first-order chi connectivity index (χ1) is 14.5. The summed E-state index contributed by atoms with van der Waals surface area (Å²) in [6, 6.07) is 14.9. The molecule has 30 heavy (non-hydrogen) atoms. The van der Waals surface area contributed by atoms with Crippen LogP contribution in [0.5, 0.6) is 0 Å². The fourth-order valence-corrected chi connectivity index (χ4v) is 4.50. The van der Waals surface area contributed by atoms with Crippen LogP contribution in [0.15, 0.2) is 67.0 Å². The Morgan fingerprint density at radius 2 is 2.03 bits per heavy atom. The van der Waals surface area contributed by atoms with E-state index in [2.05, 4.69) is 4.98 Å². The number of pyridine rings is 1. The molecule has 152 valence electrons. The number of carbonyl (C=O) groups excluding carboxylic acids is 2. The normalized spacial score (nSPS) is 16.0. The largest absolute Gasteiger partial charge is 0.457 e. The van der Waals surface area contributed by atoms with Gasteiger partial charge in [-0.25, -0.2) is 9.18 Å². The molecule has 4 rings (SSSR count). The summed E-state index contributed by atoms with van der Waals surface area (Å²) >= 11 is 1.49. The molecule has 1 aliphatic rings. The maximum Gasteiger partial charge on any atom is 0.338 e. The first kappa shape index (κ1) is 20.1. The van der Waals surface area contributed by atoms with Gasteiger partial charge in [0.15, 0.2) is 0 Å². The van der Waals surface area contributed by atoms with Crippen LogP contribution < -0.4 is 4.90 Å². The van der Waals surface area contributed by atoms with Gasteiger partial charge < -0.3 is 4.74 Å². The Labute approximate surface area is 177 Å². The van der Waals surface area contributed by atoms with Crippen molar-refractivity contribution in [3.8, 4) is 0 Å². The Balaban J connectivity index is 1.53. The van der Waals surface area contributed by atoms with Crippen LogP contribution in [-0.4, -0.2) is 22.6 Å². The molecular formula is C23H19FN2O3S. The van der Waals surface area contributed by atoms with Crippen molar-refractivity contribution >= 4 is 29.3 Å². The number of ether oxygens (including phenoxy) is 1. The van der Waals surface area contributed by atoms with Gasteiger partial charge in [0.1, 0.15) is 17.8 Å². The molecule has 0 N–H and O–H groups in total. The molecule has 1 saturated heterocycles.